The molecular formula is C16H28N2. The first-order chi connectivity index (χ1) is 8.81. The molecule has 2 aliphatic heterocycles. The Labute approximate surface area is 112 Å². The van der Waals surface area contributed by atoms with Gasteiger partial charge in [-0.15, -0.1) is 0 Å². The van der Waals surface area contributed by atoms with Gasteiger partial charge in [-0.05, 0) is 61.4 Å². The van der Waals surface area contributed by atoms with Gasteiger partial charge < -0.3 is 9.80 Å². The lowest BCUT2D eigenvalue weighted by atomic mass is 9.52. The van der Waals surface area contributed by atoms with Crippen LogP contribution in [-0.2, 0) is 0 Å². The molecule has 0 aromatic heterocycles. The Morgan fingerprint density at radius 2 is 0.944 bits per heavy atom. The summed E-state index contributed by atoms with van der Waals surface area (Å²) in [5.74, 6) is 6.45. The molecule has 2 heteroatoms. The van der Waals surface area contributed by atoms with E-state index in [9.17, 15) is 0 Å². The highest BCUT2D eigenvalue weighted by Gasteiger charge is 2.58. The van der Waals surface area contributed by atoms with Crippen molar-refractivity contribution in [3.63, 3.8) is 0 Å². The highest BCUT2D eigenvalue weighted by Crippen LogP contribution is 2.58. The fourth-order valence-corrected chi connectivity index (χ4v) is 6.09. The molecule has 2 heterocycles. The Balaban J connectivity index is 1.59. The van der Waals surface area contributed by atoms with Crippen molar-refractivity contribution in [2.24, 2.45) is 35.5 Å². The van der Waals surface area contributed by atoms with Crippen LogP contribution < -0.4 is 0 Å². The minimum Gasteiger partial charge on any atom is -0.303 e. The summed E-state index contributed by atoms with van der Waals surface area (Å²) in [6, 6.07) is 0. The highest BCUT2D eigenvalue weighted by molar-refractivity contribution is 5.08. The predicted octanol–water partition coefficient (Wildman–Crippen LogP) is 2.16. The van der Waals surface area contributed by atoms with Gasteiger partial charge in [0.15, 0.2) is 0 Å². The normalized spacial score (nSPS) is 51.7. The summed E-state index contributed by atoms with van der Waals surface area (Å²) in [7, 11) is 0. The summed E-state index contributed by atoms with van der Waals surface area (Å²) in [4.78, 5) is 5.47. The Hall–Kier alpha value is -0.0800. The van der Waals surface area contributed by atoms with Crippen molar-refractivity contribution in [2.45, 2.75) is 26.7 Å². The van der Waals surface area contributed by atoms with E-state index in [1.165, 1.54) is 39.3 Å². The minimum absolute atomic E-state index is 1.07. The largest absolute Gasteiger partial charge is 0.303 e. The van der Waals surface area contributed by atoms with Crippen molar-refractivity contribution in [1.82, 2.24) is 9.80 Å². The van der Waals surface area contributed by atoms with E-state index in [1.807, 2.05) is 0 Å². The van der Waals surface area contributed by atoms with Crippen molar-refractivity contribution >= 4 is 0 Å². The molecule has 0 aromatic rings. The van der Waals surface area contributed by atoms with E-state index >= 15 is 0 Å². The van der Waals surface area contributed by atoms with Gasteiger partial charge in [0.1, 0.15) is 0 Å². The molecule has 5 rings (SSSR count). The van der Waals surface area contributed by atoms with E-state index in [4.69, 9.17) is 0 Å². The van der Waals surface area contributed by atoms with Crippen LogP contribution in [0.4, 0.5) is 0 Å². The molecule has 3 aliphatic carbocycles. The number of likely N-dealkylation sites (tertiary alicyclic amines) is 2. The summed E-state index contributed by atoms with van der Waals surface area (Å²) in [6.07, 6.45) is 3.12. The molecule has 0 aromatic carbocycles. The van der Waals surface area contributed by atoms with Crippen LogP contribution in [0.2, 0.25) is 0 Å². The smallest absolute Gasteiger partial charge is 0.00157 e. The third kappa shape index (κ3) is 1.48. The molecule has 0 N–H and O–H groups in total. The Kier molecular flexibility index (Phi) is 2.74. The molecule has 18 heavy (non-hydrogen) atoms. The van der Waals surface area contributed by atoms with Crippen LogP contribution in [0.3, 0.4) is 0 Å². The molecule has 2 saturated heterocycles. The van der Waals surface area contributed by atoms with Crippen LogP contribution >= 0.6 is 0 Å². The van der Waals surface area contributed by atoms with Gasteiger partial charge in [0.2, 0.25) is 0 Å². The van der Waals surface area contributed by atoms with Crippen molar-refractivity contribution in [2.75, 3.05) is 39.3 Å². The average molecular weight is 248 g/mol. The molecule has 4 atom stereocenters. The lowest BCUT2D eigenvalue weighted by Crippen LogP contribution is -2.49. The first-order valence-corrected chi connectivity index (χ1v) is 8.26. The first-order valence-electron chi connectivity index (χ1n) is 8.26. The molecule has 0 spiro atoms. The van der Waals surface area contributed by atoms with Crippen molar-refractivity contribution in [3.8, 4) is 0 Å². The maximum absolute atomic E-state index is 2.74. The minimum atomic E-state index is 1.07. The van der Waals surface area contributed by atoms with Gasteiger partial charge in [-0.1, -0.05) is 13.8 Å². The van der Waals surface area contributed by atoms with Gasteiger partial charge in [0.05, 0.1) is 0 Å². The molecular weight excluding hydrogens is 220 g/mol. The van der Waals surface area contributed by atoms with Crippen molar-refractivity contribution in [1.29, 1.82) is 0 Å². The molecule has 3 saturated carbocycles. The van der Waals surface area contributed by atoms with Crippen LogP contribution in [0.5, 0.6) is 0 Å². The van der Waals surface area contributed by atoms with Crippen LogP contribution in [0, 0.1) is 35.5 Å². The molecule has 5 fully saturated rings. The molecule has 0 amide bonds. The molecule has 2 bridgehead atoms. The second-order valence-corrected chi connectivity index (χ2v) is 7.26. The molecule has 4 unspecified atom stereocenters. The van der Waals surface area contributed by atoms with E-state index in [-0.39, 0.29) is 0 Å². The molecule has 102 valence electrons. The fourth-order valence-electron chi connectivity index (χ4n) is 6.09. The Bertz CT molecular complexity index is 273. The van der Waals surface area contributed by atoms with Crippen LogP contribution in [0.1, 0.15) is 26.7 Å². The second-order valence-electron chi connectivity index (χ2n) is 7.26. The third-order valence-electron chi connectivity index (χ3n) is 6.90. The van der Waals surface area contributed by atoms with Gasteiger partial charge in [0, 0.05) is 26.2 Å². The number of hydrogen-bond donors (Lipinski definition) is 0. The van der Waals surface area contributed by atoms with E-state index in [1.54, 1.807) is 12.8 Å². The van der Waals surface area contributed by atoms with E-state index in [2.05, 4.69) is 23.6 Å². The van der Waals surface area contributed by atoms with E-state index in [0.717, 1.165) is 35.5 Å². The number of hydrogen-bond acceptors (Lipinski definition) is 2. The first kappa shape index (κ1) is 11.7. The highest BCUT2D eigenvalue weighted by atomic mass is 15.2. The third-order valence-corrected chi connectivity index (χ3v) is 6.90. The lowest BCUT2D eigenvalue weighted by Gasteiger charge is -2.52. The SMILES string of the molecule is CCN1CC2C3CCC(C2C1)C1CN(CC)CC31. The maximum atomic E-state index is 2.74. The Morgan fingerprint density at radius 1 is 0.611 bits per heavy atom. The van der Waals surface area contributed by atoms with E-state index in [0.29, 0.717) is 0 Å². The second kappa shape index (κ2) is 4.21. The predicted molar refractivity (Wildman–Crippen MR) is 74.4 cm³/mol. The zero-order valence-electron chi connectivity index (χ0n) is 12.0. The standard InChI is InChI=1S/C16H28N2/c1-3-17-7-13-11-5-6-12(14(13)8-17)16-10-18(4-2)9-15(11)16/h11-16H,3-10H2,1-2H3. The van der Waals surface area contributed by atoms with Gasteiger partial charge in [0.25, 0.3) is 0 Å². The van der Waals surface area contributed by atoms with Crippen LogP contribution in [-0.4, -0.2) is 49.1 Å². The van der Waals surface area contributed by atoms with Crippen molar-refractivity contribution in [3.05, 3.63) is 0 Å². The zero-order valence-corrected chi connectivity index (χ0v) is 12.0. The summed E-state index contributed by atoms with van der Waals surface area (Å²) in [6.45, 7) is 13.0. The van der Waals surface area contributed by atoms with E-state index < -0.39 is 0 Å². The van der Waals surface area contributed by atoms with Crippen LogP contribution in [0.25, 0.3) is 0 Å². The maximum Gasteiger partial charge on any atom is 0.00157 e. The molecule has 5 aliphatic rings. The number of fused-ring (bicyclic) bond motifs is 1. The summed E-state index contributed by atoms with van der Waals surface area (Å²) in [5.41, 5.74) is 0. The summed E-state index contributed by atoms with van der Waals surface area (Å²) >= 11 is 0. The zero-order chi connectivity index (χ0) is 12.3. The van der Waals surface area contributed by atoms with Crippen LogP contribution in [0.15, 0.2) is 0 Å². The molecule has 0 radical (unpaired) electrons. The van der Waals surface area contributed by atoms with Gasteiger partial charge in [-0.2, -0.15) is 0 Å². The molecule has 2 nitrogen and oxygen atoms in total. The Morgan fingerprint density at radius 3 is 1.22 bits per heavy atom. The number of nitrogens with zero attached hydrogens (tertiary/aromatic N) is 2. The summed E-state index contributed by atoms with van der Waals surface area (Å²) < 4.78 is 0. The topological polar surface area (TPSA) is 6.48 Å². The quantitative estimate of drug-likeness (QED) is 0.739. The lowest BCUT2D eigenvalue weighted by molar-refractivity contribution is -0.0289. The monoisotopic (exact) mass is 248 g/mol. The number of rotatable bonds is 2. The fraction of sp³-hybridized carbons (Fsp3) is 1.00. The van der Waals surface area contributed by atoms with Gasteiger partial charge in [-0.25, -0.2) is 0 Å². The summed E-state index contributed by atoms with van der Waals surface area (Å²) in [5, 5.41) is 0. The van der Waals surface area contributed by atoms with Gasteiger partial charge in [-0.3, -0.25) is 0 Å². The van der Waals surface area contributed by atoms with Gasteiger partial charge >= 0.3 is 0 Å². The average Bonchev–Trinajstić information content (AvgIpc) is 3.03. The van der Waals surface area contributed by atoms with Crippen molar-refractivity contribution < 1.29 is 0 Å².